The van der Waals surface area contributed by atoms with Gasteiger partial charge in [0.2, 0.25) is 5.91 Å². The molecule has 0 spiro atoms. The molecule has 0 saturated heterocycles. The van der Waals surface area contributed by atoms with Crippen molar-refractivity contribution in [1.82, 2.24) is 10.2 Å². The summed E-state index contributed by atoms with van der Waals surface area (Å²) in [6.45, 7) is 2.92. The van der Waals surface area contributed by atoms with Crippen LogP contribution >= 0.6 is 0 Å². The zero-order chi connectivity index (χ0) is 17.9. The van der Waals surface area contributed by atoms with Crippen LogP contribution in [0, 0.1) is 0 Å². The summed E-state index contributed by atoms with van der Waals surface area (Å²) >= 11 is 0. The topological polar surface area (TPSA) is 72.8 Å². The lowest BCUT2D eigenvalue weighted by Crippen LogP contribution is -2.54. The van der Waals surface area contributed by atoms with E-state index in [2.05, 4.69) is 17.4 Å². The highest BCUT2D eigenvalue weighted by molar-refractivity contribution is 5.79. The smallest absolute Gasteiger partial charge is 0.237 e. The van der Waals surface area contributed by atoms with Crippen LogP contribution < -0.4 is 5.32 Å². The fourth-order valence-electron chi connectivity index (χ4n) is 4.34. The standard InChI is InChI=1S/C20H30N2O3/c1-15(23)13-21-14-18(24)22-12-9-16-7-3-4-8-17(16)19(22)20(25)10-5-2-6-11-20/h3-4,7-8,15,19,21,23,25H,2,5-6,9-14H2,1H3/t15-,19?/m1/s1. The van der Waals surface area contributed by atoms with E-state index in [-0.39, 0.29) is 18.5 Å². The second-order valence-electron chi connectivity index (χ2n) is 7.58. The summed E-state index contributed by atoms with van der Waals surface area (Å²) < 4.78 is 0. The van der Waals surface area contributed by atoms with E-state index in [4.69, 9.17) is 0 Å². The van der Waals surface area contributed by atoms with Gasteiger partial charge in [-0.3, -0.25) is 4.79 Å². The zero-order valence-electron chi connectivity index (χ0n) is 15.1. The van der Waals surface area contributed by atoms with Crippen molar-refractivity contribution in [3.63, 3.8) is 0 Å². The van der Waals surface area contributed by atoms with E-state index in [9.17, 15) is 15.0 Å². The first kappa shape index (κ1) is 18.4. The fraction of sp³-hybridized carbons (Fsp3) is 0.650. The van der Waals surface area contributed by atoms with E-state index in [1.807, 2.05) is 17.0 Å². The van der Waals surface area contributed by atoms with Gasteiger partial charge in [0, 0.05) is 13.1 Å². The second kappa shape index (κ2) is 7.85. The van der Waals surface area contributed by atoms with Gasteiger partial charge in [0.05, 0.1) is 24.3 Å². The Balaban J connectivity index is 1.85. The number of rotatable bonds is 5. The Morgan fingerprint density at radius 1 is 1.32 bits per heavy atom. The molecule has 1 aliphatic carbocycles. The van der Waals surface area contributed by atoms with Gasteiger partial charge < -0.3 is 20.4 Å². The zero-order valence-corrected chi connectivity index (χ0v) is 15.1. The van der Waals surface area contributed by atoms with Crippen LogP contribution in [0.3, 0.4) is 0 Å². The molecule has 2 aliphatic rings. The van der Waals surface area contributed by atoms with E-state index < -0.39 is 11.7 Å². The third kappa shape index (κ3) is 4.05. The molecular formula is C20H30N2O3. The van der Waals surface area contributed by atoms with Crippen LogP contribution in [0.5, 0.6) is 0 Å². The van der Waals surface area contributed by atoms with Crippen LogP contribution in [0.4, 0.5) is 0 Å². The van der Waals surface area contributed by atoms with Crippen LogP contribution in [0.15, 0.2) is 24.3 Å². The molecule has 1 aromatic rings. The van der Waals surface area contributed by atoms with Gasteiger partial charge in [-0.05, 0) is 37.3 Å². The number of nitrogens with zero attached hydrogens (tertiary/aromatic N) is 1. The maximum Gasteiger partial charge on any atom is 0.237 e. The Labute approximate surface area is 150 Å². The number of carbonyl (C=O) groups is 1. The Morgan fingerprint density at radius 3 is 2.76 bits per heavy atom. The SMILES string of the molecule is C[C@@H](O)CNCC(=O)N1CCc2ccccc2C1C1(O)CCCCC1. The summed E-state index contributed by atoms with van der Waals surface area (Å²) in [5.41, 5.74) is 1.50. The van der Waals surface area contributed by atoms with Gasteiger partial charge in [0.1, 0.15) is 0 Å². The number of benzene rings is 1. The van der Waals surface area contributed by atoms with E-state index in [0.29, 0.717) is 13.1 Å². The predicted molar refractivity (Wildman–Crippen MR) is 97.2 cm³/mol. The molecule has 25 heavy (non-hydrogen) atoms. The Bertz CT molecular complexity index is 596. The molecule has 1 heterocycles. The maximum absolute atomic E-state index is 12.9. The molecule has 1 unspecified atom stereocenters. The largest absolute Gasteiger partial charge is 0.392 e. The van der Waals surface area contributed by atoms with Crippen molar-refractivity contribution in [2.24, 2.45) is 0 Å². The summed E-state index contributed by atoms with van der Waals surface area (Å²) in [6, 6.07) is 7.94. The molecule has 138 valence electrons. The molecule has 2 atom stereocenters. The average molecular weight is 346 g/mol. The van der Waals surface area contributed by atoms with Gasteiger partial charge >= 0.3 is 0 Å². The highest BCUT2D eigenvalue weighted by Crippen LogP contribution is 2.44. The highest BCUT2D eigenvalue weighted by Gasteiger charge is 2.45. The van der Waals surface area contributed by atoms with Crippen LogP contribution in [-0.4, -0.2) is 52.4 Å². The summed E-state index contributed by atoms with van der Waals surface area (Å²) in [4.78, 5) is 14.7. The van der Waals surface area contributed by atoms with Crippen molar-refractivity contribution in [2.75, 3.05) is 19.6 Å². The summed E-state index contributed by atoms with van der Waals surface area (Å²) in [5, 5.41) is 23.8. The monoisotopic (exact) mass is 346 g/mol. The van der Waals surface area contributed by atoms with Gasteiger partial charge in [-0.2, -0.15) is 0 Å². The summed E-state index contributed by atoms with van der Waals surface area (Å²) in [5.74, 6) is -0.000786. The second-order valence-corrected chi connectivity index (χ2v) is 7.58. The highest BCUT2D eigenvalue weighted by atomic mass is 16.3. The van der Waals surface area contributed by atoms with E-state index >= 15 is 0 Å². The van der Waals surface area contributed by atoms with E-state index in [0.717, 1.165) is 44.1 Å². The molecule has 0 radical (unpaired) electrons. The molecule has 1 amide bonds. The molecule has 3 N–H and O–H groups in total. The van der Waals surface area contributed by atoms with Gasteiger partial charge in [-0.15, -0.1) is 0 Å². The van der Waals surface area contributed by atoms with E-state index in [1.165, 1.54) is 5.56 Å². The van der Waals surface area contributed by atoms with Gasteiger partial charge in [0.15, 0.2) is 0 Å². The third-order valence-electron chi connectivity index (χ3n) is 5.55. The Kier molecular flexibility index (Phi) is 5.77. The molecule has 1 saturated carbocycles. The van der Waals surface area contributed by atoms with Crippen molar-refractivity contribution in [1.29, 1.82) is 0 Å². The molecule has 1 aliphatic heterocycles. The minimum Gasteiger partial charge on any atom is -0.392 e. The fourth-order valence-corrected chi connectivity index (χ4v) is 4.34. The van der Waals surface area contributed by atoms with Crippen LogP contribution in [0.2, 0.25) is 0 Å². The van der Waals surface area contributed by atoms with Crippen molar-refractivity contribution < 1.29 is 15.0 Å². The quantitative estimate of drug-likeness (QED) is 0.760. The molecule has 5 nitrogen and oxygen atoms in total. The summed E-state index contributed by atoms with van der Waals surface area (Å²) in [6.07, 6.45) is 5.02. The number of aliphatic hydroxyl groups is 2. The van der Waals surface area contributed by atoms with Gasteiger partial charge in [-0.25, -0.2) is 0 Å². The van der Waals surface area contributed by atoms with Crippen LogP contribution in [0.25, 0.3) is 0 Å². The van der Waals surface area contributed by atoms with Gasteiger partial charge in [-0.1, -0.05) is 43.5 Å². The molecule has 0 aromatic heterocycles. The lowest BCUT2D eigenvalue weighted by Gasteiger charge is -2.48. The minimum absolute atomic E-state index is 0.000786. The summed E-state index contributed by atoms with van der Waals surface area (Å²) in [7, 11) is 0. The van der Waals surface area contributed by atoms with Crippen LogP contribution in [0.1, 0.15) is 56.2 Å². The number of hydrogen-bond donors (Lipinski definition) is 3. The van der Waals surface area contributed by atoms with Crippen LogP contribution in [-0.2, 0) is 11.2 Å². The molecule has 1 fully saturated rings. The van der Waals surface area contributed by atoms with Crippen molar-refractivity contribution in [3.8, 4) is 0 Å². The molecule has 0 bridgehead atoms. The molecule has 3 rings (SSSR count). The average Bonchev–Trinajstić information content (AvgIpc) is 2.61. The third-order valence-corrected chi connectivity index (χ3v) is 5.55. The number of amides is 1. The normalized spacial score (nSPS) is 23.8. The lowest BCUT2D eigenvalue weighted by molar-refractivity contribution is -0.144. The predicted octanol–water partition coefficient (Wildman–Crippen LogP) is 1.78. The molecule has 1 aromatic carbocycles. The van der Waals surface area contributed by atoms with Crippen molar-refractivity contribution in [3.05, 3.63) is 35.4 Å². The van der Waals surface area contributed by atoms with Crippen molar-refractivity contribution in [2.45, 2.75) is 63.2 Å². The van der Waals surface area contributed by atoms with Crippen molar-refractivity contribution >= 4 is 5.91 Å². The molecule has 5 heteroatoms. The number of carbonyl (C=O) groups excluding carboxylic acids is 1. The van der Waals surface area contributed by atoms with E-state index in [1.54, 1.807) is 6.92 Å². The maximum atomic E-state index is 12.9. The Morgan fingerprint density at radius 2 is 2.04 bits per heavy atom. The Hall–Kier alpha value is -1.43. The number of nitrogens with one attached hydrogen (secondary N) is 1. The number of fused-ring (bicyclic) bond motifs is 1. The first-order valence-corrected chi connectivity index (χ1v) is 9.50. The first-order valence-electron chi connectivity index (χ1n) is 9.50. The van der Waals surface area contributed by atoms with Gasteiger partial charge in [0.25, 0.3) is 0 Å². The number of aliphatic hydroxyl groups excluding tert-OH is 1. The lowest BCUT2D eigenvalue weighted by atomic mass is 9.73. The number of hydrogen-bond acceptors (Lipinski definition) is 4. The minimum atomic E-state index is -0.839. The molecular weight excluding hydrogens is 316 g/mol. The first-order chi connectivity index (χ1) is 12.0.